The van der Waals surface area contributed by atoms with Crippen LogP contribution in [0.1, 0.15) is 39.7 Å². The molecule has 60 heavy (non-hydrogen) atoms. The van der Waals surface area contributed by atoms with E-state index in [9.17, 15) is 14.4 Å². The Morgan fingerprint density at radius 2 is 1.08 bits per heavy atom. The van der Waals surface area contributed by atoms with Crippen molar-refractivity contribution in [2.45, 2.75) is 51.9 Å². The number of carbonyl (C=O) groups is 3. The van der Waals surface area contributed by atoms with Crippen molar-refractivity contribution in [1.29, 1.82) is 0 Å². The van der Waals surface area contributed by atoms with Gasteiger partial charge in [0.1, 0.15) is 6.61 Å². The molecule has 1 aliphatic heterocycles. The lowest BCUT2D eigenvalue weighted by atomic mass is 9.79. The summed E-state index contributed by atoms with van der Waals surface area (Å²) in [6.45, 7) is 15.5. The van der Waals surface area contributed by atoms with Crippen molar-refractivity contribution in [3.63, 3.8) is 0 Å². The maximum atomic E-state index is 12.4. The van der Waals surface area contributed by atoms with Gasteiger partial charge in [0.15, 0.2) is 0 Å². The van der Waals surface area contributed by atoms with E-state index in [4.69, 9.17) is 51.9 Å². The Morgan fingerprint density at radius 1 is 0.617 bits per heavy atom. The fraction of sp³-hybridized carbons (Fsp3) is 0.659. The molecule has 0 aromatic heterocycles. The molecule has 3 N–H and O–H groups in total. The number of hydrogen-bond acceptors (Lipinski definition) is 15. The predicted octanol–water partition coefficient (Wildman–Crippen LogP) is 1.63. The third kappa shape index (κ3) is 22.5. The van der Waals surface area contributed by atoms with Gasteiger partial charge in [-0.15, -0.1) is 0 Å². The number of ether oxygens (including phenoxy) is 9. The lowest BCUT2D eigenvalue weighted by Crippen LogP contribution is -2.41. The molecule has 5 radical (unpaired) electrons. The fourth-order valence-electron chi connectivity index (χ4n) is 5.13. The Morgan fingerprint density at radius 3 is 1.57 bits per heavy atom. The molecule has 0 atom stereocenters. The predicted molar refractivity (Wildman–Crippen MR) is 226 cm³/mol. The van der Waals surface area contributed by atoms with Gasteiger partial charge in [-0.2, -0.15) is 12.6 Å². The highest BCUT2D eigenvalue weighted by molar-refractivity contribution is 7.80. The molecule has 0 spiro atoms. The number of hydrogen-bond donors (Lipinski definition) is 4. The van der Waals surface area contributed by atoms with Crippen LogP contribution in [0.25, 0.3) is 0 Å². The summed E-state index contributed by atoms with van der Waals surface area (Å²) in [5.41, 5.74) is 0.847. The maximum Gasteiger partial charge on any atom is 0.494 e. The summed E-state index contributed by atoms with van der Waals surface area (Å²) >= 11 is 4.07. The second-order valence-corrected chi connectivity index (χ2v) is 14.9. The number of carbonyl (C=O) groups excluding carboxylic acids is 3. The molecule has 2 aliphatic rings. The van der Waals surface area contributed by atoms with E-state index in [1.807, 2.05) is 52.0 Å². The number of rotatable bonds is 34. The van der Waals surface area contributed by atoms with Gasteiger partial charge in [0.2, 0.25) is 11.8 Å². The molecule has 1 aromatic rings. The van der Waals surface area contributed by atoms with Crippen LogP contribution in [0.2, 0.25) is 0 Å². The van der Waals surface area contributed by atoms with E-state index in [-0.39, 0.29) is 44.5 Å². The Bertz CT molecular complexity index is 1320. The molecule has 337 valence electrons. The lowest BCUT2D eigenvalue weighted by molar-refractivity contribution is -0.126. The lowest BCUT2D eigenvalue weighted by Gasteiger charge is -2.32. The van der Waals surface area contributed by atoms with Crippen LogP contribution in [0.3, 0.4) is 0 Å². The maximum absolute atomic E-state index is 12.4. The highest BCUT2D eigenvalue weighted by atomic mass is 32.1. The van der Waals surface area contributed by atoms with Crippen molar-refractivity contribution in [3.8, 4) is 0 Å². The SMILES string of the molecule is CC1(C)OB(c2ccc(COC(=O)N[C]3[CH][CH][C](CNC(=O)CNC(=O)CCOCCOCCOCCOCCOCCOCCOCCOCCS)[CH]3)cc2)OC1(C)C. The van der Waals surface area contributed by atoms with Crippen molar-refractivity contribution in [2.24, 2.45) is 0 Å². The summed E-state index contributed by atoms with van der Waals surface area (Å²) in [4.78, 5) is 36.7. The van der Waals surface area contributed by atoms with Crippen molar-refractivity contribution < 1.29 is 66.3 Å². The molecule has 0 bridgehead atoms. The molecule has 17 nitrogen and oxygen atoms in total. The Hall–Kier alpha value is -2.56. The third-order valence-corrected chi connectivity index (χ3v) is 9.37. The van der Waals surface area contributed by atoms with E-state index in [1.165, 1.54) is 0 Å². The normalized spacial score (nSPS) is 16.3. The first-order valence-corrected chi connectivity index (χ1v) is 21.0. The van der Waals surface area contributed by atoms with Crippen LogP contribution in [-0.2, 0) is 68.1 Å². The number of alkyl carbamates (subject to hydrolysis) is 1. The van der Waals surface area contributed by atoms with Gasteiger partial charge in [0, 0.05) is 24.6 Å². The third-order valence-electron chi connectivity index (χ3n) is 9.19. The van der Waals surface area contributed by atoms with Crippen LogP contribution in [0.5, 0.6) is 0 Å². The molecule has 1 aliphatic carbocycles. The van der Waals surface area contributed by atoms with Crippen molar-refractivity contribution in [1.82, 2.24) is 16.0 Å². The second-order valence-electron chi connectivity index (χ2n) is 14.5. The zero-order valence-electron chi connectivity index (χ0n) is 35.6. The average molecular weight is 867 g/mol. The molecule has 2 fully saturated rings. The summed E-state index contributed by atoms with van der Waals surface area (Å²) < 4.78 is 60.9. The zero-order chi connectivity index (χ0) is 43.3. The van der Waals surface area contributed by atoms with Crippen LogP contribution in [0.15, 0.2) is 24.3 Å². The van der Waals surface area contributed by atoms with Gasteiger partial charge in [-0.25, -0.2) is 4.79 Å². The van der Waals surface area contributed by atoms with Crippen molar-refractivity contribution >= 4 is 43.1 Å². The minimum atomic E-state index is -0.605. The zero-order valence-corrected chi connectivity index (χ0v) is 36.5. The van der Waals surface area contributed by atoms with Gasteiger partial charge in [0.05, 0.1) is 129 Å². The second kappa shape index (κ2) is 30.5. The first kappa shape index (κ1) is 51.8. The molecule has 1 heterocycles. The highest BCUT2D eigenvalue weighted by Gasteiger charge is 2.51. The van der Waals surface area contributed by atoms with Crippen LogP contribution < -0.4 is 21.4 Å². The van der Waals surface area contributed by atoms with Gasteiger partial charge in [-0.3, -0.25) is 9.59 Å². The molecule has 0 unspecified atom stereocenters. The topological polar surface area (TPSA) is 189 Å². The first-order chi connectivity index (χ1) is 29.0. The smallest absolute Gasteiger partial charge is 0.445 e. The summed E-state index contributed by atoms with van der Waals surface area (Å²) in [7, 11) is -0.463. The average Bonchev–Trinajstić information content (AvgIpc) is 3.76. The molecular weight excluding hydrogens is 801 g/mol. The largest absolute Gasteiger partial charge is 0.494 e. The number of thiol groups is 1. The molecule has 3 rings (SSSR count). The minimum Gasteiger partial charge on any atom is -0.445 e. The van der Waals surface area contributed by atoms with Gasteiger partial charge in [-0.05, 0) is 58.0 Å². The number of benzene rings is 1. The Labute approximate surface area is 362 Å². The van der Waals surface area contributed by atoms with Crippen LogP contribution >= 0.6 is 12.6 Å². The first-order valence-electron chi connectivity index (χ1n) is 20.4. The van der Waals surface area contributed by atoms with E-state index in [1.54, 1.807) is 19.3 Å². The van der Waals surface area contributed by atoms with Gasteiger partial charge < -0.3 is 67.9 Å². The molecule has 3 amide bonds. The summed E-state index contributed by atoms with van der Waals surface area (Å²) in [5.74, 6) is 0.823. The van der Waals surface area contributed by atoms with E-state index in [0.29, 0.717) is 111 Å². The minimum absolute atomic E-state index is 0.0863. The summed E-state index contributed by atoms with van der Waals surface area (Å²) in [6.07, 6.45) is 4.72. The monoisotopic (exact) mass is 866 g/mol. The summed E-state index contributed by atoms with van der Waals surface area (Å²) in [6, 6.07) is 8.07. The van der Waals surface area contributed by atoms with Gasteiger partial charge >= 0.3 is 13.2 Å². The van der Waals surface area contributed by atoms with Crippen LogP contribution in [-0.4, -0.2) is 161 Å². The van der Waals surface area contributed by atoms with E-state index < -0.39 is 24.4 Å². The van der Waals surface area contributed by atoms with Crippen molar-refractivity contribution in [2.75, 3.05) is 125 Å². The standard InChI is InChI=1S/C41H65BN3O14S/c1-40(2)41(3,4)59-42(58-40)35-8-5-33(6-9-35)32-57-39(48)45-36-10-7-34(29-36)30-43-38(47)31-44-37(46)11-12-49-13-14-50-15-16-51-17-18-52-19-20-53-21-22-54-23-24-55-25-26-56-27-28-60/h5-10,29,60H,11-28,30-32H2,1-4H3,(H,43,47)(H,44,46)(H,45,48). The Kier molecular flexibility index (Phi) is 26.3. The highest BCUT2D eigenvalue weighted by Crippen LogP contribution is 2.36. The molecule has 1 aromatic carbocycles. The number of amides is 3. The summed E-state index contributed by atoms with van der Waals surface area (Å²) in [5, 5.41) is 8.00. The Balaban J connectivity index is 1.04. The number of nitrogens with one attached hydrogen (secondary N) is 3. The fourth-order valence-corrected chi connectivity index (χ4v) is 5.26. The molecular formula is C41H65BN3O14S. The van der Waals surface area contributed by atoms with Crippen molar-refractivity contribution in [3.05, 3.63) is 61.1 Å². The molecule has 1 saturated heterocycles. The van der Waals surface area contributed by atoms with E-state index >= 15 is 0 Å². The van der Waals surface area contributed by atoms with Crippen LogP contribution in [0.4, 0.5) is 4.79 Å². The van der Waals surface area contributed by atoms with Gasteiger partial charge in [0.25, 0.3) is 0 Å². The molecule has 19 heteroatoms. The quantitative estimate of drug-likeness (QED) is 0.0445. The van der Waals surface area contributed by atoms with E-state index in [2.05, 4.69) is 28.6 Å². The molecule has 1 saturated carbocycles. The van der Waals surface area contributed by atoms with Gasteiger partial charge in [-0.1, -0.05) is 24.3 Å². The van der Waals surface area contributed by atoms with Crippen LogP contribution in [0, 0.1) is 31.2 Å². The van der Waals surface area contributed by atoms with E-state index in [0.717, 1.165) is 16.9 Å².